The van der Waals surface area contributed by atoms with Crippen LogP contribution in [0.1, 0.15) is 44.4 Å². The molecule has 0 radical (unpaired) electrons. The van der Waals surface area contributed by atoms with Crippen LogP contribution in [0.4, 0.5) is 0 Å². The van der Waals surface area contributed by atoms with Crippen LogP contribution in [-0.4, -0.2) is 36.4 Å². The lowest BCUT2D eigenvalue weighted by atomic mass is 9.77. The second kappa shape index (κ2) is 7.22. The first-order valence-electron chi connectivity index (χ1n) is 10.1. The summed E-state index contributed by atoms with van der Waals surface area (Å²) in [5.41, 5.74) is 4.29. The molecule has 0 amide bonds. The van der Waals surface area contributed by atoms with Crippen molar-refractivity contribution >= 4 is 12.6 Å². The Morgan fingerprint density at radius 1 is 1.00 bits per heavy atom. The quantitative estimate of drug-likeness (QED) is 0.762. The number of para-hydroxylation sites is 1. The SMILES string of the molecule is Cc1ccc(B2OC(C)(C)C(C)(C)O2)cc1CN1CCOc2ccccc2C1. The Morgan fingerprint density at radius 3 is 2.46 bits per heavy atom. The van der Waals surface area contributed by atoms with E-state index in [1.165, 1.54) is 16.7 Å². The van der Waals surface area contributed by atoms with Crippen molar-refractivity contribution in [2.45, 2.75) is 58.9 Å². The zero-order chi connectivity index (χ0) is 19.9. The molecule has 0 saturated carbocycles. The molecule has 4 nitrogen and oxygen atoms in total. The van der Waals surface area contributed by atoms with Crippen LogP contribution < -0.4 is 10.2 Å². The van der Waals surface area contributed by atoms with E-state index in [1.807, 2.05) is 6.07 Å². The number of fused-ring (bicyclic) bond motifs is 1. The van der Waals surface area contributed by atoms with Crippen LogP contribution in [0.2, 0.25) is 0 Å². The van der Waals surface area contributed by atoms with Crippen molar-refractivity contribution in [2.24, 2.45) is 0 Å². The Kier molecular flexibility index (Phi) is 5.02. The molecule has 4 rings (SSSR count). The van der Waals surface area contributed by atoms with Gasteiger partial charge < -0.3 is 14.0 Å². The third-order valence-corrected chi connectivity index (χ3v) is 6.32. The van der Waals surface area contributed by atoms with Gasteiger partial charge in [0.2, 0.25) is 0 Å². The lowest BCUT2D eigenvalue weighted by Gasteiger charge is -2.32. The van der Waals surface area contributed by atoms with Gasteiger partial charge in [-0.3, -0.25) is 4.90 Å². The van der Waals surface area contributed by atoms with Gasteiger partial charge in [0.05, 0.1) is 11.2 Å². The molecule has 0 bridgehead atoms. The normalized spacial score (nSPS) is 21.1. The monoisotopic (exact) mass is 379 g/mol. The minimum absolute atomic E-state index is 0.322. The summed E-state index contributed by atoms with van der Waals surface area (Å²) < 4.78 is 18.4. The van der Waals surface area contributed by atoms with Gasteiger partial charge in [-0.25, -0.2) is 0 Å². The molecule has 0 spiro atoms. The van der Waals surface area contributed by atoms with E-state index in [-0.39, 0.29) is 18.3 Å². The largest absolute Gasteiger partial charge is 0.494 e. The summed E-state index contributed by atoms with van der Waals surface area (Å²) in [6.07, 6.45) is 0. The average Bonchev–Trinajstić information content (AvgIpc) is 2.77. The lowest BCUT2D eigenvalue weighted by Crippen LogP contribution is -2.41. The van der Waals surface area contributed by atoms with Gasteiger partial charge in [0, 0.05) is 25.2 Å². The molecule has 1 fully saturated rings. The second-order valence-electron chi connectivity index (χ2n) is 8.94. The molecular weight excluding hydrogens is 349 g/mol. The first-order chi connectivity index (χ1) is 13.2. The minimum atomic E-state index is -0.325. The molecule has 1 saturated heterocycles. The van der Waals surface area contributed by atoms with Crippen LogP contribution in [-0.2, 0) is 22.4 Å². The van der Waals surface area contributed by atoms with Crippen molar-refractivity contribution in [3.63, 3.8) is 0 Å². The van der Waals surface area contributed by atoms with Crippen LogP contribution in [0.5, 0.6) is 5.75 Å². The fraction of sp³-hybridized carbons (Fsp3) is 0.478. The van der Waals surface area contributed by atoms with Crippen LogP contribution in [0.25, 0.3) is 0 Å². The van der Waals surface area contributed by atoms with Gasteiger partial charge in [0.1, 0.15) is 12.4 Å². The number of benzene rings is 2. The average molecular weight is 379 g/mol. The van der Waals surface area contributed by atoms with E-state index >= 15 is 0 Å². The Balaban J connectivity index is 1.54. The van der Waals surface area contributed by atoms with E-state index in [0.717, 1.165) is 30.8 Å². The number of nitrogens with zero attached hydrogens (tertiary/aromatic N) is 1. The Bertz CT molecular complexity index is 849. The van der Waals surface area contributed by atoms with Gasteiger partial charge in [0.15, 0.2) is 0 Å². The Morgan fingerprint density at radius 2 is 1.71 bits per heavy atom. The van der Waals surface area contributed by atoms with E-state index in [9.17, 15) is 0 Å². The van der Waals surface area contributed by atoms with Crippen LogP contribution in [0, 0.1) is 6.92 Å². The van der Waals surface area contributed by atoms with Gasteiger partial charge in [-0.05, 0) is 57.3 Å². The van der Waals surface area contributed by atoms with Gasteiger partial charge >= 0.3 is 7.12 Å². The molecule has 2 heterocycles. The van der Waals surface area contributed by atoms with E-state index in [0.29, 0.717) is 6.61 Å². The molecule has 0 unspecified atom stereocenters. The molecule has 0 aromatic heterocycles. The number of hydrogen-bond donors (Lipinski definition) is 0. The molecule has 28 heavy (non-hydrogen) atoms. The van der Waals surface area contributed by atoms with Crippen molar-refractivity contribution in [3.8, 4) is 5.75 Å². The van der Waals surface area contributed by atoms with Crippen LogP contribution in [0.3, 0.4) is 0 Å². The summed E-state index contributed by atoms with van der Waals surface area (Å²) in [5, 5.41) is 0. The Hall–Kier alpha value is -1.82. The lowest BCUT2D eigenvalue weighted by molar-refractivity contribution is 0.00578. The standard InChI is InChI=1S/C23H30BNO3/c1-17-10-11-20(24-27-22(2,3)23(4,5)28-24)14-19(17)16-25-12-13-26-21-9-7-6-8-18(21)15-25/h6-11,14H,12-13,15-16H2,1-5H3. The molecule has 2 aliphatic rings. The van der Waals surface area contributed by atoms with Crippen LogP contribution in [0.15, 0.2) is 42.5 Å². The van der Waals surface area contributed by atoms with Crippen molar-refractivity contribution in [3.05, 3.63) is 59.2 Å². The maximum absolute atomic E-state index is 6.25. The second-order valence-corrected chi connectivity index (χ2v) is 8.94. The van der Waals surface area contributed by atoms with E-state index in [2.05, 4.69) is 75.9 Å². The maximum atomic E-state index is 6.25. The molecular formula is C23H30BNO3. The summed E-state index contributed by atoms with van der Waals surface area (Å²) in [7, 11) is -0.322. The minimum Gasteiger partial charge on any atom is -0.492 e. The highest BCUT2D eigenvalue weighted by molar-refractivity contribution is 6.62. The van der Waals surface area contributed by atoms with Crippen molar-refractivity contribution in [1.82, 2.24) is 4.90 Å². The van der Waals surface area contributed by atoms with Crippen molar-refractivity contribution in [1.29, 1.82) is 0 Å². The first kappa shape index (κ1) is 19.5. The molecule has 2 aromatic rings. The molecule has 2 aromatic carbocycles. The highest BCUT2D eigenvalue weighted by atomic mass is 16.7. The number of aryl methyl sites for hydroxylation is 1. The number of rotatable bonds is 3. The predicted molar refractivity (Wildman–Crippen MR) is 113 cm³/mol. The summed E-state index contributed by atoms with van der Waals surface area (Å²) >= 11 is 0. The molecule has 5 heteroatoms. The van der Waals surface area contributed by atoms with Gasteiger partial charge in [-0.15, -0.1) is 0 Å². The molecule has 0 atom stereocenters. The van der Waals surface area contributed by atoms with Crippen LogP contribution >= 0.6 is 0 Å². The predicted octanol–water partition coefficient (Wildman–Crippen LogP) is 3.69. The zero-order valence-corrected chi connectivity index (χ0v) is 17.6. The molecule has 2 aliphatic heterocycles. The first-order valence-corrected chi connectivity index (χ1v) is 10.1. The number of hydrogen-bond acceptors (Lipinski definition) is 4. The van der Waals surface area contributed by atoms with Gasteiger partial charge in [0.25, 0.3) is 0 Å². The maximum Gasteiger partial charge on any atom is 0.494 e. The summed E-state index contributed by atoms with van der Waals surface area (Å²) in [6, 6.07) is 14.9. The van der Waals surface area contributed by atoms with Crippen molar-refractivity contribution in [2.75, 3.05) is 13.2 Å². The third kappa shape index (κ3) is 3.71. The van der Waals surface area contributed by atoms with Crippen molar-refractivity contribution < 1.29 is 14.0 Å². The van der Waals surface area contributed by atoms with E-state index in [4.69, 9.17) is 14.0 Å². The molecule has 0 N–H and O–H groups in total. The van der Waals surface area contributed by atoms with Gasteiger partial charge in [-0.2, -0.15) is 0 Å². The summed E-state index contributed by atoms with van der Waals surface area (Å²) in [4.78, 5) is 2.45. The molecule has 0 aliphatic carbocycles. The fourth-order valence-electron chi connectivity index (χ4n) is 3.74. The highest BCUT2D eigenvalue weighted by Gasteiger charge is 2.51. The summed E-state index contributed by atoms with van der Waals surface area (Å²) in [6.45, 7) is 14.0. The smallest absolute Gasteiger partial charge is 0.492 e. The fourth-order valence-corrected chi connectivity index (χ4v) is 3.74. The summed E-state index contributed by atoms with van der Waals surface area (Å²) in [5.74, 6) is 1.01. The van der Waals surface area contributed by atoms with Gasteiger partial charge in [-0.1, -0.05) is 36.4 Å². The molecule has 148 valence electrons. The number of ether oxygens (including phenoxy) is 1. The van der Waals surface area contributed by atoms with E-state index < -0.39 is 0 Å². The third-order valence-electron chi connectivity index (χ3n) is 6.32. The topological polar surface area (TPSA) is 30.9 Å². The zero-order valence-electron chi connectivity index (χ0n) is 17.6. The van der Waals surface area contributed by atoms with E-state index in [1.54, 1.807) is 0 Å². The Labute approximate surface area is 168 Å². The highest BCUT2D eigenvalue weighted by Crippen LogP contribution is 2.36.